The number of rotatable bonds is 4. The van der Waals surface area contributed by atoms with Crippen molar-refractivity contribution in [1.82, 2.24) is 0 Å². The predicted octanol–water partition coefficient (Wildman–Crippen LogP) is 3.70. The Balaban J connectivity index is 2.35. The zero-order valence-corrected chi connectivity index (χ0v) is 12.7. The van der Waals surface area contributed by atoms with Gasteiger partial charge in [0.1, 0.15) is 11.9 Å². The lowest BCUT2D eigenvalue weighted by atomic mass is 10.1. The van der Waals surface area contributed by atoms with Crippen LogP contribution in [0.3, 0.4) is 0 Å². The number of nitriles is 1. The van der Waals surface area contributed by atoms with Gasteiger partial charge in [0.15, 0.2) is 0 Å². The van der Waals surface area contributed by atoms with Gasteiger partial charge in [-0.25, -0.2) is 0 Å². The summed E-state index contributed by atoms with van der Waals surface area (Å²) >= 11 is 1.65. The van der Waals surface area contributed by atoms with Crippen molar-refractivity contribution in [3.63, 3.8) is 0 Å². The van der Waals surface area contributed by atoms with E-state index < -0.39 is 0 Å². The Morgan fingerprint density at radius 1 is 1.25 bits per heavy atom. The molecule has 0 aliphatic rings. The third-order valence-electron chi connectivity index (χ3n) is 3.21. The van der Waals surface area contributed by atoms with Gasteiger partial charge in [-0.3, -0.25) is 0 Å². The number of nitrogens with two attached hydrogens (primary N) is 1. The molecule has 0 radical (unpaired) electrons. The fourth-order valence-electron chi connectivity index (χ4n) is 2.01. The highest BCUT2D eigenvalue weighted by atomic mass is 32.1. The van der Waals surface area contributed by atoms with Gasteiger partial charge in [-0.2, -0.15) is 5.26 Å². The van der Waals surface area contributed by atoms with Gasteiger partial charge in [-0.05, 0) is 55.5 Å². The fourth-order valence-corrected chi connectivity index (χ4v) is 3.08. The van der Waals surface area contributed by atoms with E-state index in [-0.39, 0.29) is 12.1 Å². The van der Waals surface area contributed by atoms with Crippen LogP contribution in [0.15, 0.2) is 29.6 Å². The first kappa shape index (κ1) is 14.6. The third kappa shape index (κ3) is 3.01. The van der Waals surface area contributed by atoms with Crippen LogP contribution in [0.25, 0.3) is 0 Å². The monoisotopic (exact) mass is 286 g/mol. The molecule has 1 heterocycles. The minimum absolute atomic E-state index is 0.127. The van der Waals surface area contributed by atoms with Gasteiger partial charge >= 0.3 is 0 Å². The van der Waals surface area contributed by atoms with E-state index in [4.69, 9.17) is 15.7 Å². The molecule has 0 aliphatic carbocycles. The van der Waals surface area contributed by atoms with E-state index in [1.54, 1.807) is 23.5 Å². The van der Waals surface area contributed by atoms with E-state index in [1.165, 1.54) is 5.56 Å². The van der Waals surface area contributed by atoms with Gasteiger partial charge in [0.25, 0.3) is 0 Å². The molecule has 2 rings (SSSR count). The normalized spacial score (nSPS) is 13.6. The number of thiophene rings is 1. The molecule has 0 aliphatic heterocycles. The first-order valence-corrected chi connectivity index (χ1v) is 7.38. The Kier molecular flexibility index (Phi) is 4.43. The number of ether oxygens (including phenoxy) is 1. The van der Waals surface area contributed by atoms with Gasteiger partial charge in [-0.15, -0.1) is 11.3 Å². The molecule has 20 heavy (non-hydrogen) atoms. The molecule has 3 nitrogen and oxygen atoms in total. The van der Waals surface area contributed by atoms with Crippen LogP contribution in [0.2, 0.25) is 0 Å². The number of hydrogen-bond acceptors (Lipinski definition) is 4. The molecule has 0 saturated carbocycles. The van der Waals surface area contributed by atoms with Crippen LogP contribution >= 0.6 is 11.3 Å². The van der Waals surface area contributed by atoms with Crippen LogP contribution in [0.5, 0.6) is 5.75 Å². The topological polar surface area (TPSA) is 59.0 Å². The van der Waals surface area contributed by atoms with Crippen molar-refractivity contribution in [2.45, 2.75) is 32.9 Å². The van der Waals surface area contributed by atoms with E-state index in [1.807, 2.05) is 25.3 Å². The molecule has 0 bridgehead atoms. The largest absolute Gasteiger partial charge is 0.483 e. The summed E-state index contributed by atoms with van der Waals surface area (Å²) < 4.78 is 6.11. The summed E-state index contributed by atoms with van der Waals surface area (Å²) in [6, 6.07) is 9.53. The summed E-state index contributed by atoms with van der Waals surface area (Å²) in [5, 5.41) is 11.0. The highest BCUT2D eigenvalue weighted by Gasteiger charge is 2.22. The van der Waals surface area contributed by atoms with E-state index in [9.17, 15) is 0 Å². The molecular weight excluding hydrogens is 268 g/mol. The van der Waals surface area contributed by atoms with Gasteiger partial charge in [0.05, 0.1) is 11.6 Å². The maximum Gasteiger partial charge on any atom is 0.148 e. The van der Waals surface area contributed by atoms with Gasteiger partial charge < -0.3 is 10.5 Å². The Morgan fingerprint density at radius 2 is 2.00 bits per heavy atom. The zero-order valence-electron chi connectivity index (χ0n) is 11.9. The van der Waals surface area contributed by atoms with E-state index in [0.29, 0.717) is 5.56 Å². The quantitative estimate of drug-likeness (QED) is 0.932. The summed E-state index contributed by atoms with van der Waals surface area (Å²) in [5.41, 5.74) is 8.87. The van der Waals surface area contributed by atoms with Crippen molar-refractivity contribution in [2.24, 2.45) is 5.73 Å². The molecular formula is C16H18N2OS. The second-order valence-corrected chi connectivity index (χ2v) is 5.91. The lowest BCUT2D eigenvalue weighted by Crippen LogP contribution is -2.29. The number of benzene rings is 1. The number of nitrogens with zero attached hydrogens (tertiary/aromatic N) is 1. The molecule has 1 aromatic carbocycles. The summed E-state index contributed by atoms with van der Waals surface area (Å²) in [7, 11) is 0. The van der Waals surface area contributed by atoms with Crippen molar-refractivity contribution >= 4 is 11.3 Å². The smallest absolute Gasteiger partial charge is 0.148 e. The lowest BCUT2D eigenvalue weighted by molar-refractivity contribution is 0.182. The lowest BCUT2D eigenvalue weighted by Gasteiger charge is -2.23. The fraction of sp³-hybridized carbons (Fsp3) is 0.312. The maximum atomic E-state index is 9.00. The molecule has 0 fully saturated rings. The van der Waals surface area contributed by atoms with Crippen LogP contribution in [0.1, 0.15) is 34.6 Å². The van der Waals surface area contributed by atoms with Gasteiger partial charge in [0, 0.05) is 10.9 Å². The second-order valence-electron chi connectivity index (χ2n) is 4.96. The standard InChI is InChI=1S/C16H18N2OS/c1-10-4-5-13(9-17)8-14(10)19-15(12(3)18)16-11(2)6-7-20-16/h4-8,12,15H,18H2,1-3H3. The molecule has 2 unspecified atom stereocenters. The first-order chi connectivity index (χ1) is 9.52. The molecule has 2 N–H and O–H groups in total. The molecule has 0 saturated heterocycles. The molecule has 104 valence electrons. The van der Waals surface area contributed by atoms with Crippen LogP contribution in [-0.4, -0.2) is 6.04 Å². The Morgan fingerprint density at radius 3 is 2.55 bits per heavy atom. The highest BCUT2D eigenvalue weighted by molar-refractivity contribution is 7.10. The summed E-state index contributed by atoms with van der Waals surface area (Å²) in [6.07, 6.45) is -0.192. The molecule has 1 aromatic heterocycles. The minimum atomic E-state index is -0.192. The average Bonchev–Trinajstić information content (AvgIpc) is 2.83. The maximum absolute atomic E-state index is 9.00. The summed E-state index contributed by atoms with van der Waals surface area (Å²) in [6.45, 7) is 5.96. The number of hydrogen-bond donors (Lipinski definition) is 1. The van der Waals surface area contributed by atoms with Gasteiger partial charge in [0.2, 0.25) is 0 Å². The first-order valence-electron chi connectivity index (χ1n) is 6.50. The minimum Gasteiger partial charge on any atom is -0.483 e. The van der Waals surface area contributed by atoms with E-state index in [2.05, 4.69) is 19.1 Å². The summed E-state index contributed by atoms with van der Waals surface area (Å²) in [4.78, 5) is 1.14. The van der Waals surface area contributed by atoms with Gasteiger partial charge in [-0.1, -0.05) is 6.07 Å². The SMILES string of the molecule is Cc1ccc(C#N)cc1OC(c1sccc1C)C(C)N. The molecule has 0 spiro atoms. The number of aryl methyl sites for hydroxylation is 2. The van der Waals surface area contributed by atoms with Crippen LogP contribution in [0.4, 0.5) is 0 Å². The Bertz CT molecular complexity index is 640. The Hall–Kier alpha value is -1.83. The second kappa shape index (κ2) is 6.08. The van der Waals surface area contributed by atoms with E-state index >= 15 is 0 Å². The van der Waals surface area contributed by atoms with Crippen molar-refractivity contribution in [3.05, 3.63) is 51.2 Å². The van der Waals surface area contributed by atoms with E-state index in [0.717, 1.165) is 16.2 Å². The molecule has 2 atom stereocenters. The third-order valence-corrected chi connectivity index (χ3v) is 4.29. The zero-order chi connectivity index (χ0) is 14.7. The molecule has 2 aromatic rings. The van der Waals surface area contributed by atoms with Crippen molar-refractivity contribution < 1.29 is 4.74 Å². The van der Waals surface area contributed by atoms with Crippen molar-refractivity contribution in [2.75, 3.05) is 0 Å². The molecule has 4 heteroatoms. The van der Waals surface area contributed by atoms with Crippen LogP contribution < -0.4 is 10.5 Å². The highest BCUT2D eigenvalue weighted by Crippen LogP contribution is 2.32. The molecule has 0 amide bonds. The van der Waals surface area contributed by atoms with Crippen molar-refractivity contribution in [3.8, 4) is 11.8 Å². The van der Waals surface area contributed by atoms with Crippen molar-refractivity contribution in [1.29, 1.82) is 5.26 Å². The Labute approximate surface area is 123 Å². The predicted molar refractivity (Wildman–Crippen MR) is 82.0 cm³/mol. The van der Waals surface area contributed by atoms with Crippen LogP contribution in [0, 0.1) is 25.2 Å². The summed E-state index contributed by atoms with van der Waals surface area (Å²) in [5.74, 6) is 0.721. The average molecular weight is 286 g/mol. The van der Waals surface area contributed by atoms with Crippen LogP contribution in [-0.2, 0) is 0 Å².